The largest absolute Gasteiger partial charge is 0.508 e. The molecule has 1 saturated heterocycles. The number of aromatic hydroxyl groups is 1. The molecule has 1 N–H and O–H groups in total. The van der Waals surface area contributed by atoms with Crippen molar-refractivity contribution in [3.8, 4) is 5.75 Å². The van der Waals surface area contributed by atoms with Gasteiger partial charge in [-0.2, -0.15) is 0 Å². The molecule has 1 heterocycles. The summed E-state index contributed by atoms with van der Waals surface area (Å²) in [6, 6.07) is 7.22. The van der Waals surface area contributed by atoms with Crippen molar-refractivity contribution < 1.29 is 9.90 Å². The second-order valence-corrected chi connectivity index (χ2v) is 5.77. The van der Waals surface area contributed by atoms with Crippen LogP contribution in [0.2, 0.25) is 0 Å². The number of phenolic OH excluding ortho intramolecular Hbond substituents is 1. The van der Waals surface area contributed by atoms with Gasteiger partial charge in [0.15, 0.2) is 5.78 Å². The van der Waals surface area contributed by atoms with Crippen molar-refractivity contribution in [3.63, 3.8) is 0 Å². The molecule has 0 unspecified atom stereocenters. The van der Waals surface area contributed by atoms with E-state index in [1.165, 1.54) is 6.42 Å². The Morgan fingerprint density at radius 1 is 1.47 bits per heavy atom. The van der Waals surface area contributed by atoms with E-state index in [1.54, 1.807) is 24.3 Å². The minimum absolute atomic E-state index is 0.145. The van der Waals surface area contributed by atoms with Crippen LogP contribution in [0.15, 0.2) is 24.3 Å². The van der Waals surface area contributed by atoms with Crippen LogP contribution in [-0.2, 0) is 0 Å². The van der Waals surface area contributed by atoms with E-state index in [2.05, 4.69) is 18.7 Å². The Kier molecular flexibility index (Phi) is 4.59. The van der Waals surface area contributed by atoms with Gasteiger partial charge in [-0.05, 0) is 51.3 Å². The molecule has 3 heteroatoms. The number of hydrogen-bond acceptors (Lipinski definition) is 3. The number of rotatable bonds is 4. The number of Topliss-reactive ketones (excluding diaryl/α,β-unsaturated/α-hetero) is 1. The minimum Gasteiger partial charge on any atom is -0.508 e. The van der Waals surface area contributed by atoms with Gasteiger partial charge in [-0.15, -0.1) is 0 Å². The zero-order valence-corrected chi connectivity index (χ0v) is 11.8. The predicted octanol–water partition coefficient (Wildman–Crippen LogP) is 3.09. The quantitative estimate of drug-likeness (QED) is 0.847. The number of nitrogens with zero attached hydrogens (tertiary/aromatic N) is 1. The lowest BCUT2D eigenvalue weighted by Gasteiger charge is -2.35. The van der Waals surface area contributed by atoms with E-state index in [0.717, 1.165) is 19.5 Å². The van der Waals surface area contributed by atoms with E-state index >= 15 is 0 Å². The van der Waals surface area contributed by atoms with Gasteiger partial charge >= 0.3 is 0 Å². The fourth-order valence-corrected chi connectivity index (χ4v) is 2.79. The summed E-state index contributed by atoms with van der Waals surface area (Å²) in [6.07, 6.45) is 2.90. The van der Waals surface area contributed by atoms with E-state index < -0.39 is 0 Å². The summed E-state index contributed by atoms with van der Waals surface area (Å²) < 4.78 is 0. The highest BCUT2D eigenvalue weighted by molar-refractivity contribution is 5.96. The zero-order chi connectivity index (χ0) is 13.8. The van der Waals surface area contributed by atoms with Gasteiger partial charge in [0.2, 0.25) is 0 Å². The molecular formula is C16H23NO2. The first-order chi connectivity index (χ1) is 9.06. The van der Waals surface area contributed by atoms with Crippen LogP contribution < -0.4 is 0 Å². The fourth-order valence-electron chi connectivity index (χ4n) is 2.79. The molecule has 104 valence electrons. The van der Waals surface area contributed by atoms with Crippen molar-refractivity contribution in [1.29, 1.82) is 0 Å². The molecule has 3 nitrogen and oxygen atoms in total. The van der Waals surface area contributed by atoms with Crippen LogP contribution in [-0.4, -0.2) is 34.9 Å². The average molecular weight is 261 g/mol. The van der Waals surface area contributed by atoms with Crippen LogP contribution in [0.4, 0.5) is 0 Å². The Balaban J connectivity index is 1.95. The van der Waals surface area contributed by atoms with E-state index in [4.69, 9.17) is 0 Å². The number of ketones is 1. The number of phenols is 1. The molecule has 0 spiro atoms. The van der Waals surface area contributed by atoms with Gasteiger partial charge in [-0.3, -0.25) is 4.79 Å². The molecule has 19 heavy (non-hydrogen) atoms. The summed E-state index contributed by atoms with van der Waals surface area (Å²) in [7, 11) is 0. The van der Waals surface area contributed by atoms with Crippen LogP contribution in [0.1, 0.15) is 43.5 Å². The molecule has 1 aliphatic rings. The summed E-state index contributed by atoms with van der Waals surface area (Å²) in [5, 5.41) is 9.42. The standard InChI is InChI=1S/C16H23NO2/c1-12(2)17-8-4-5-13(11-17)9-16(19)14-6-3-7-15(18)10-14/h3,6-7,10,12-13,18H,4-5,8-9,11H2,1-2H3/t13-/m0/s1. The summed E-state index contributed by atoms with van der Waals surface area (Å²) in [4.78, 5) is 14.7. The molecule has 0 radical (unpaired) electrons. The van der Waals surface area contributed by atoms with E-state index in [1.807, 2.05) is 0 Å². The lowest BCUT2D eigenvalue weighted by atomic mass is 9.90. The molecule has 1 aromatic carbocycles. The maximum atomic E-state index is 12.2. The van der Waals surface area contributed by atoms with Crippen molar-refractivity contribution in [3.05, 3.63) is 29.8 Å². The third-order valence-electron chi connectivity index (χ3n) is 3.92. The molecule has 0 aromatic heterocycles. The first kappa shape index (κ1) is 14.1. The van der Waals surface area contributed by atoms with E-state index in [-0.39, 0.29) is 11.5 Å². The second-order valence-electron chi connectivity index (χ2n) is 5.77. The Hall–Kier alpha value is -1.35. The van der Waals surface area contributed by atoms with Gasteiger partial charge in [0.25, 0.3) is 0 Å². The number of hydrogen-bond donors (Lipinski definition) is 1. The SMILES string of the molecule is CC(C)N1CCC[C@@H](CC(=O)c2cccc(O)c2)C1. The first-order valence-corrected chi connectivity index (χ1v) is 7.12. The number of carbonyl (C=O) groups is 1. The van der Waals surface area contributed by atoms with Crippen LogP contribution in [0.3, 0.4) is 0 Å². The van der Waals surface area contributed by atoms with Gasteiger partial charge in [0.1, 0.15) is 5.75 Å². The highest BCUT2D eigenvalue weighted by atomic mass is 16.3. The Bertz CT molecular complexity index is 442. The molecule has 2 rings (SSSR count). The van der Waals surface area contributed by atoms with Gasteiger partial charge in [-0.1, -0.05) is 12.1 Å². The van der Waals surface area contributed by atoms with E-state index in [0.29, 0.717) is 23.9 Å². The van der Waals surface area contributed by atoms with Gasteiger partial charge in [0, 0.05) is 24.6 Å². The average Bonchev–Trinajstić information content (AvgIpc) is 2.39. The predicted molar refractivity (Wildman–Crippen MR) is 76.5 cm³/mol. The van der Waals surface area contributed by atoms with Gasteiger partial charge in [0.05, 0.1) is 0 Å². The van der Waals surface area contributed by atoms with Crippen molar-refractivity contribution in [2.24, 2.45) is 5.92 Å². The van der Waals surface area contributed by atoms with Crippen LogP contribution in [0.5, 0.6) is 5.75 Å². The molecule has 1 fully saturated rings. The molecule has 0 aliphatic carbocycles. The van der Waals surface area contributed by atoms with Crippen molar-refractivity contribution in [1.82, 2.24) is 4.90 Å². The lowest BCUT2D eigenvalue weighted by molar-refractivity contribution is 0.0889. The molecular weight excluding hydrogens is 238 g/mol. The maximum Gasteiger partial charge on any atom is 0.163 e. The van der Waals surface area contributed by atoms with Crippen molar-refractivity contribution >= 4 is 5.78 Å². The highest BCUT2D eigenvalue weighted by Crippen LogP contribution is 2.23. The van der Waals surface area contributed by atoms with Crippen molar-refractivity contribution in [2.75, 3.05) is 13.1 Å². The van der Waals surface area contributed by atoms with Crippen LogP contribution in [0, 0.1) is 5.92 Å². The topological polar surface area (TPSA) is 40.5 Å². The minimum atomic E-state index is 0.145. The van der Waals surface area contributed by atoms with Crippen LogP contribution >= 0.6 is 0 Å². The van der Waals surface area contributed by atoms with Gasteiger partial charge in [-0.25, -0.2) is 0 Å². The fraction of sp³-hybridized carbons (Fsp3) is 0.562. The molecule has 0 bridgehead atoms. The Morgan fingerprint density at radius 3 is 2.95 bits per heavy atom. The molecule has 1 aliphatic heterocycles. The molecule has 0 saturated carbocycles. The highest BCUT2D eigenvalue weighted by Gasteiger charge is 2.24. The van der Waals surface area contributed by atoms with Crippen molar-refractivity contribution in [2.45, 2.75) is 39.2 Å². The number of likely N-dealkylation sites (tertiary alicyclic amines) is 1. The smallest absolute Gasteiger partial charge is 0.163 e. The lowest BCUT2D eigenvalue weighted by Crippen LogP contribution is -2.40. The van der Waals surface area contributed by atoms with Crippen LogP contribution in [0.25, 0.3) is 0 Å². The molecule has 0 amide bonds. The number of carbonyl (C=O) groups excluding carboxylic acids is 1. The third kappa shape index (κ3) is 3.80. The molecule has 1 atom stereocenters. The van der Waals surface area contributed by atoms with Gasteiger partial charge < -0.3 is 10.0 Å². The summed E-state index contributed by atoms with van der Waals surface area (Å²) in [5.41, 5.74) is 0.627. The summed E-state index contributed by atoms with van der Waals surface area (Å²) in [6.45, 7) is 6.58. The summed E-state index contributed by atoms with van der Waals surface area (Å²) >= 11 is 0. The third-order valence-corrected chi connectivity index (χ3v) is 3.92. The first-order valence-electron chi connectivity index (χ1n) is 7.12. The summed E-state index contributed by atoms with van der Waals surface area (Å²) in [5.74, 6) is 0.760. The Labute approximate surface area is 115 Å². The second kappa shape index (κ2) is 6.20. The zero-order valence-electron chi connectivity index (χ0n) is 11.8. The Morgan fingerprint density at radius 2 is 2.26 bits per heavy atom. The maximum absolute atomic E-state index is 12.2. The molecule has 1 aromatic rings. The van der Waals surface area contributed by atoms with E-state index in [9.17, 15) is 9.90 Å². The number of piperidine rings is 1. The monoisotopic (exact) mass is 261 g/mol. The normalized spacial score (nSPS) is 20.7. The number of benzene rings is 1.